The SMILES string of the molecule is N[C@H](CCOc1ccc(C(=O)C(=O)O)cc1)C(=O)O. The van der Waals surface area contributed by atoms with Crippen LogP contribution in [0.3, 0.4) is 0 Å². The van der Waals surface area contributed by atoms with Gasteiger partial charge in [-0.15, -0.1) is 0 Å². The van der Waals surface area contributed by atoms with Crippen molar-refractivity contribution in [3.8, 4) is 5.75 Å². The highest BCUT2D eigenvalue weighted by Gasteiger charge is 2.14. The Hall–Kier alpha value is -2.41. The van der Waals surface area contributed by atoms with E-state index in [9.17, 15) is 14.4 Å². The van der Waals surface area contributed by atoms with Crippen LogP contribution in [-0.4, -0.2) is 40.6 Å². The first-order valence-electron chi connectivity index (χ1n) is 5.40. The summed E-state index contributed by atoms with van der Waals surface area (Å²) in [5.74, 6) is -3.23. The molecule has 102 valence electrons. The molecule has 19 heavy (non-hydrogen) atoms. The Morgan fingerprint density at radius 2 is 1.74 bits per heavy atom. The number of hydrogen-bond donors (Lipinski definition) is 3. The third kappa shape index (κ3) is 4.40. The fourth-order valence-corrected chi connectivity index (χ4v) is 1.25. The lowest BCUT2D eigenvalue weighted by Gasteiger charge is -2.08. The second kappa shape index (κ2) is 6.50. The topological polar surface area (TPSA) is 127 Å². The van der Waals surface area contributed by atoms with Crippen LogP contribution in [-0.2, 0) is 9.59 Å². The number of carbonyl (C=O) groups excluding carboxylic acids is 1. The zero-order valence-electron chi connectivity index (χ0n) is 9.91. The smallest absolute Gasteiger partial charge is 0.377 e. The van der Waals surface area contributed by atoms with Crippen LogP contribution in [0.25, 0.3) is 0 Å². The molecule has 0 saturated heterocycles. The maximum Gasteiger partial charge on any atom is 0.377 e. The molecule has 1 aromatic carbocycles. The van der Waals surface area contributed by atoms with Gasteiger partial charge in [-0.2, -0.15) is 0 Å². The monoisotopic (exact) mass is 267 g/mol. The van der Waals surface area contributed by atoms with Gasteiger partial charge in [-0.3, -0.25) is 9.59 Å². The van der Waals surface area contributed by atoms with Gasteiger partial charge >= 0.3 is 11.9 Å². The van der Waals surface area contributed by atoms with E-state index in [1.165, 1.54) is 24.3 Å². The van der Waals surface area contributed by atoms with E-state index < -0.39 is 23.8 Å². The summed E-state index contributed by atoms with van der Waals surface area (Å²) in [4.78, 5) is 32.0. The fourth-order valence-electron chi connectivity index (χ4n) is 1.25. The summed E-state index contributed by atoms with van der Waals surface area (Å²) in [6.45, 7) is 0.111. The summed E-state index contributed by atoms with van der Waals surface area (Å²) in [6, 6.07) is 4.52. The van der Waals surface area contributed by atoms with E-state index in [4.69, 9.17) is 20.7 Å². The highest BCUT2D eigenvalue weighted by Crippen LogP contribution is 2.13. The maximum absolute atomic E-state index is 11.1. The van der Waals surface area contributed by atoms with Crippen LogP contribution in [0.4, 0.5) is 0 Å². The first-order chi connectivity index (χ1) is 8.91. The number of carbonyl (C=O) groups is 3. The molecule has 4 N–H and O–H groups in total. The third-order valence-corrected chi connectivity index (χ3v) is 2.33. The molecule has 0 heterocycles. The second-order valence-electron chi connectivity index (χ2n) is 3.74. The fraction of sp³-hybridized carbons (Fsp3) is 0.250. The van der Waals surface area contributed by atoms with E-state index in [1.807, 2.05) is 0 Å². The molecule has 7 heteroatoms. The van der Waals surface area contributed by atoms with Gasteiger partial charge in [-0.05, 0) is 24.3 Å². The molecule has 0 aliphatic rings. The van der Waals surface area contributed by atoms with Crippen LogP contribution >= 0.6 is 0 Å². The standard InChI is InChI=1S/C12H13NO6/c13-9(11(15)16)5-6-19-8-3-1-7(2-4-8)10(14)12(17)18/h1-4,9H,5-6,13H2,(H,15,16)(H,17,18)/t9-/m1/s1. The summed E-state index contributed by atoms with van der Waals surface area (Å²) in [5, 5.41) is 17.1. The number of aliphatic carboxylic acids is 2. The lowest BCUT2D eigenvalue weighted by atomic mass is 10.1. The van der Waals surface area contributed by atoms with Crippen molar-refractivity contribution in [3.05, 3.63) is 29.8 Å². The minimum Gasteiger partial charge on any atom is -0.494 e. The highest BCUT2D eigenvalue weighted by atomic mass is 16.5. The van der Waals surface area contributed by atoms with Crippen molar-refractivity contribution in [2.24, 2.45) is 5.73 Å². The van der Waals surface area contributed by atoms with Crippen molar-refractivity contribution in [2.75, 3.05) is 6.61 Å². The molecule has 0 fully saturated rings. The molecule has 7 nitrogen and oxygen atoms in total. The Labute approximate surface area is 108 Å². The Bertz CT molecular complexity index is 481. The number of benzene rings is 1. The largest absolute Gasteiger partial charge is 0.494 e. The molecule has 1 atom stereocenters. The van der Waals surface area contributed by atoms with Crippen LogP contribution in [0.5, 0.6) is 5.75 Å². The number of carboxylic acids is 2. The predicted molar refractivity (Wildman–Crippen MR) is 64.1 cm³/mol. The Morgan fingerprint density at radius 3 is 2.21 bits per heavy atom. The molecular weight excluding hydrogens is 254 g/mol. The summed E-state index contributed by atoms with van der Waals surface area (Å²) in [6.07, 6.45) is 0.144. The molecule has 1 aromatic rings. The first kappa shape index (κ1) is 14.7. The number of carboxylic acid groups (broad SMARTS) is 2. The van der Waals surface area contributed by atoms with Crippen molar-refractivity contribution in [3.63, 3.8) is 0 Å². The van der Waals surface area contributed by atoms with Gasteiger partial charge in [0.1, 0.15) is 11.8 Å². The normalized spacial score (nSPS) is 11.6. The van der Waals surface area contributed by atoms with Gasteiger partial charge in [0.15, 0.2) is 0 Å². The molecule has 0 aliphatic heterocycles. The number of rotatable bonds is 7. The zero-order valence-corrected chi connectivity index (χ0v) is 9.91. The van der Waals surface area contributed by atoms with Crippen LogP contribution in [0.2, 0.25) is 0 Å². The molecule has 0 unspecified atom stereocenters. The number of nitrogens with two attached hydrogens (primary N) is 1. The van der Waals surface area contributed by atoms with E-state index in [2.05, 4.69) is 0 Å². The Kier molecular flexibility index (Phi) is 5.01. The van der Waals surface area contributed by atoms with Gasteiger partial charge in [0, 0.05) is 12.0 Å². The highest BCUT2D eigenvalue weighted by molar-refractivity contribution is 6.39. The third-order valence-electron chi connectivity index (χ3n) is 2.33. The van der Waals surface area contributed by atoms with Gasteiger partial charge in [-0.25, -0.2) is 4.79 Å². The van der Waals surface area contributed by atoms with Crippen LogP contribution in [0, 0.1) is 0 Å². The van der Waals surface area contributed by atoms with E-state index in [1.54, 1.807) is 0 Å². The quantitative estimate of drug-likeness (QED) is 0.473. The van der Waals surface area contributed by atoms with Crippen LogP contribution < -0.4 is 10.5 Å². The van der Waals surface area contributed by atoms with Gasteiger partial charge in [0.2, 0.25) is 0 Å². The number of Topliss-reactive ketones (excluding diaryl/α,β-unsaturated/α-hetero) is 1. The van der Waals surface area contributed by atoms with E-state index in [0.717, 1.165) is 0 Å². The predicted octanol–water partition coefficient (Wildman–Crippen LogP) is 0.135. The minimum atomic E-state index is -1.53. The molecular formula is C12H13NO6. The Balaban J connectivity index is 2.51. The first-order valence-corrected chi connectivity index (χ1v) is 5.40. The van der Waals surface area contributed by atoms with Crippen molar-refractivity contribution in [1.29, 1.82) is 0 Å². The van der Waals surface area contributed by atoms with E-state index in [0.29, 0.717) is 5.75 Å². The van der Waals surface area contributed by atoms with Gasteiger partial charge in [0.05, 0.1) is 6.61 Å². The number of hydrogen-bond acceptors (Lipinski definition) is 5. The van der Waals surface area contributed by atoms with Gasteiger partial charge in [0.25, 0.3) is 5.78 Å². The second-order valence-corrected chi connectivity index (χ2v) is 3.74. The number of ketones is 1. The average Bonchev–Trinajstić information content (AvgIpc) is 2.38. The van der Waals surface area contributed by atoms with E-state index in [-0.39, 0.29) is 18.6 Å². The van der Waals surface area contributed by atoms with Crippen molar-refractivity contribution >= 4 is 17.7 Å². The van der Waals surface area contributed by atoms with Crippen LogP contribution in [0.1, 0.15) is 16.8 Å². The van der Waals surface area contributed by atoms with Gasteiger partial charge in [-0.1, -0.05) is 0 Å². The Morgan fingerprint density at radius 1 is 1.16 bits per heavy atom. The molecule has 0 spiro atoms. The molecule has 0 radical (unpaired) electrons. The summed E-state index contributed by atoms with van der Waals surface area (Å²) in [7, 11) is 0. The van der Waals surface area contributed by atoms with Crippen molar-refractivity contribution in [1.82, 2.24) is 0 Å². The molecule has 0 saturated carbocycles. The zero-order chi connectivity index (χ0) is 14.4. The van der Waals surface area contributed by atoms with Crippen molar-refractivity contribution < 1.29 is 29.3 Å². The van der Waals surface area contributed by atoms with Gasteiger partial charge < -0.3 is 20.7 Å². The van der Waals surface area contributed by atoms with Crippen molar-refractivity contribution in [2.45, 2.75) is 12.5 Å². The molecule has 0 bridgehead atoms. The molecule has 1 rings (SSSR count). The molecule has 0 aromatic heterocycles. The maximum atomic E-state index is 11.1. The van der Waals surface area contributed by atoms with E-state index >= 15 is 0 Å². The lowest BCUT2D eigenvalue weighted by Crippen LogP contribution is -2.31. The molecule has 0 amide bonds. The average molecular weight is 267 g/mol. The molecule has 0 aliphatic carbocycles. The summed E-state index contributed by atoms with van der Waals surface area (Å²) < 4.78 is 5.22. The summed E-state index contributed by atoms with van der Waals surface area (Å²) in [5.41, 5.74) is 5.33. The summed E-state index contributed by atoms with van der Waals surface area (Å²) >= 11 is 0. The lowest BCUT2D eigenvalue weighted by molar-refractivity contribution is -0.138. The minimum absolute atomic E-state index is 0.0436. The number of ether oxygens (including phenoxy) is 1. The van der Waals surface area contributed by atoms with Crippen LogP contribution in [0.15, 0.2) is 24.3 Å².